The summed E-state index contributed by atoms with van der Waals surface area (Å²) < 4.78 is 0. The number of nitrogens with zero attached hydrogens (tertiary/aromatic N) is 1. The number of likely N-dealkylation sites (N-methyl/N-ethyl adjacent to an activating group) is 1. The van der Waals surface area contributed by atoms with Gasteiger partial charge in [-0.25, -0.2) is 0 Å². The zero-order chi connectivity index (χ0) is 13.8. The van der Waals surface area contributed by atoms with Gasteiger partial charge in [0.2, 0.25) is 5.91 Å². The quantitative estimate of drug-likeness (QED) is 0.811. The molecule has 5 nitrogen and oxygen atoms in total. The van der Waals surface area contributed by atoms with Gasteiger partial charge in [0.1, 0.15) is 11.8 Å². The van der Waals surface area contributed by atoms with Crippen LogP contribution in [0.3, 0.4) is 0 Å². The average Bonchev–Trinajstić information content (AvgIpc) is 2.35. The van der Waals surface area contributed by atoms with Gasteiger partial charge in [-0.1, -0.05) is 30.7 Å². The number of amidine groups is 1. The second-order valence-corrected chi connectivity index (χ2v) is 4.59. The average molecular weight is 280 g/mol. The van der Waals surface area contributed by atoms with Crippen LogP contribution in [0.15, 0.2) is 29.3 Å². The lowest BCUT2D eigenvalue weighted by molar-refractivity contribution is -0.129. The van der Waals surface area contributed by atoms with Crippen molar-refractivity contribution in [2.45, 2.75) is 12.8 Å². The molecule has 0 spiro atoms. The first-order valence-corrected chi connectivity index (χ1v) is 6.38. The molecule has 2 amide bonds. The molecule has 1 atom stereocenters. The molecule has 2 rings (SSSR count). The van der Waals surface area contributed by atoms with E-state index in [1.54, 1.807) is 24.3 Å². The highest BCUT2D eigenvalue weighted by atomic mass is 35.5. The van der Waals surface area contributed by atoms with Gasteiger partial charge in [0.25, 0.3) is 5.91 Å². The first-order chi connectivity index (χ1) is 9.11. The number of nitrogens with one attached hydrogen (secondary N) is 2. The van der Waals surface area contributed by atoms with Crippen LogP contribution in [0, 0.1) is 0 Å². The molecule has 0 bridgehead atoms. The molecule has 100 valence electrons. The molecule has 0 fully saturated rings. The van der Waals surface area contributed by atoms with E-state index in [1.165, 1.54) is 0 Å². The van der Waals surface area contributed by atoms with E-state index in [1.807, 2.05) is 6.92 Å². The second kappa shape index (κ2) is 5.95. The monoisotopic (exact) mass is 279 g/mol. The summed E-state index contributed by atoms with van der Waals surface area (Å²) in [5.74, 6) is -1.38. The van der Waals surface area contributed by atoms with E-state index in [0.29, 0.717) is 23.0 Å². The predicted molar refractivity (Wildman–Crippen MR) is 73.3 cm³/mol. The Hall–Kier alpha value is -1.72. The Morgan fingerprint density at radius 1 is 1.42 bits per heavy atom. The maximum absolute atomic E-state index is 12.0. The minimum absolute atomic E-state index is 0.357. The lowest BCUT2D eigenvalue weighted by Gasteiger charge is -2.20. The third-order valence-electron chi connectivity index (χ3n) is 2.75. The fraction of sp³-hybridized carbons (Fsp3) is 0.308. The number of hydrogen-bond donors (Lipinski definition) is 2. The first kappa shape index (κ1) is 13.7. The van der Waals surface area contributed by atoms with Gasteiger partial charge in [-0.3, -0.25) is 9.59 Å². The minimum Gasteiger partial charge on any atom is -0.312 e. The highest BCUT2D eigenvalue weighted by molar-refractivity contribution is 6.30. The molecule has 1 aliphatic heterocycles. The number of hydrogen-bond acceptors (Lipinski definition) is 3. The van der Waals surface area contributed by atoms with Gasteiger partial charge in [0, 0.05) is 5.02 Å². The fourth-order valence-corrected chi connectivity index (χ4v) is 2.06. The zero-order valence-electron chi connectivity index (χ0n) is 10.4. The number of benzene rings is 1. The van der Waals surface area contributed by atoms with Crippen molar-refractivity contribution in [2.24, 2.45) is 4.99 Å². The van der Waals surface area contributed by atoms with Crippen LogP contribution in [0.2, 0.25) is 5.02 Å². The Balaban J connectivity index is 2.22. The third-order valence-corrected chi connectivity index (χ3v) is 2.98. The molecule has 2 N–H and O–H groups in total. The largest absolute Gasteiger partial charge is 0.312 e. The van der Waals surface area contributed by atoms with Crippen molar-refractivity contribution >= 4 is 29.3 Å². The molecule has 19 heavy (non-hydrogen) atoms. The Bertz CT molecular complexity index is 542. The molecule has 0 saturated carbocycles. The van der Waals surface area contributed by atoms with Crippen LogP contribution in [0.25, 0.3) is 0 Å². The molecule has 1 unspecified atom stereocenters. The van der Waals surface area contributed by atoms with Crippen LogP contribution in [0.1, 0.15) is 18.4 Å². The molecule has 0 aromatic heterocycles. The summed E-state index contributed by atoms with van der Waals surface area (Å²) in [6.07, 6.45) is 0. The third kappa shape index (κ3) is 3.19. The van der Waals surface area contributed by atoms with Crippen LogP contribution < -0.4 is 10.6 Å². The maximum Gasteiger partial charge on any atom is 0.264 e. The Morgan fingerprint density at radius 3 is 2.84 bits per heavy atom. The van der Waals surface area contributed by atoms with Crippen molar-refractivity contribution in [3.63, 3.8) is 0 Å². The van der Waals surface area contributed by atoms with Gasteiger partial charge in [0.15, 0.2) is 0 Å². The van der Waals surface area contributed by atoms with Crippen LogP contribution >= 0.6 is 11.6 Å². The number of aliphatic imine (C=N–C) groups is 1. The predicted octanol–water partition coefficient (Wildman–Crippen LogP) is 1.09. The van der Waals surface area contributed by atoms with Crippen molar-refractivity contribution in [2.75, 3.05) is 13.1 Å². The van der Waals surface area contributed by atoms with E-state index in [4.69, 9.17) is 11.6 Å². The number of carbonyl (C=O) groups is 2. The van der Waals surface area contributed by atoms with Crippen molar-refractivity contribution < 1.29 is 9.59 Å². The Morgan fingerprint density at radius 2 is 2.21 bits per heavy atom. The maximum atomic E-state index is 12.0. The summed E-state index contributed by atoms with van der Waals surface area (Å²) in [7, 11) is 0. The van der Waals surface area contributed by atoms with Gasteiger partial charge in [-0.15, -0.1) is 0 Å². The van der Waals surface area contributed by atoms with Crippen molar-refractivity contribution in [1.82, 2.24) is 10.6 Å². The van der Waals surface area contributed by atoms with E-state index in [0.717, 1.165) is 6.54 Å². The topological polar surface area (TPSA) is 70.6 Å². The highest BCUT2D eigenvalue weighted by Crippen LogP contribution is 2.23. The second-order valence-electron chi connectivity index (χ2n) is 4.15. The van der Waals surface area contributed by atoms with Crippen molar-refractivity contribution in [3.8, 4) is 0 Å². The highest BCUT2D eigenvalue weighted by Gasteiger charge is 2.33. The van der Waals surface area contributed by atoms with E-state index in [-0.39, 0.29) is 5.91 Å². The first-order valence-electron chi connectivity index (χ1n) is 6.00. The molecule has 1 aromatic rings. The fourth-order valence-electron chi connectivity index (χ4n) is 1.86. The molecular formula is C13H14ClN3O2. The summed E-state index contributed by atoms with van der Waals surface area (Å²) >= 11 is 5.87. The van der Waals surface area contributed by atoms with E-state index < -0.39 is 11.8 Å². The Labute approximate surface area is 116 Å². The number of amides is 2. The van der Waals surface area contributed by atoms with Crippen LogP contribution in [-0.2, 0) is 9.59 Å². The normalized spacial score (nSPS) is 19.1. The van der Waals surface area contributed by atoms with Gasteiger partial charge in [0.05, 0.1) is 6.54 Å². The molecule has 0 radical (unpaired) electrons. The molecule has 1 aliphatic rings. The van der Waals surface area contributed by atoms with Crippen molar-refractivity contribution in [1.29, 1.82) is 0 Å². The standard InChI is InChI=1S/C13H14ClN3O2/c1-2-15-7-10-16-12(18)11(13(19)17-10)8-4-3-5-9(14)6-8/h3-6,11,15H,2,7H2,1H3,(H,16,17,18,19). The van der Waals surface area contributed by atoms with Gasteiger partial charge in [-0.2, -0.15) is 4.99 Å². The molecule has 1 aromatic carbocycles. The summed E-state index contributed by atoms with van der Waals surface area (Å²) in [5.41, 5.74) is 0.557. The Kier molecular flexibility index (Phi) is 4.29. The lowest BCUT2D eigenvalue weighted by atomic mass is 9.96. The molecule has 0 aliphatic carbocycles. The van der Waals surface area contributed by atoms with E-state index in [9.17, 15) is 9.59 Å². The molecule has 6 heteroatoms. The summed E-state index contributed by atoms with van der Waals surface area (Å²) in [6, 6.07) is 6.69. The van der Waals surface area contributed by atoms with Gasteiger partial charge >= 0.3 is 0 Å². The summed E-state index contributed by atoms with van der Waals surface area (Å²) in [5, 5.41) is 6.12. The molecule has 1 heterocycles. The summed E-state index contributed by atoms with van der Waals surface area (Å²) in [6.45, 7) is 3.04. The minimum atomic E-state index is -0.913. The molecule has 0 saturated heterocycles. The number of rotatable bonds is 4. The van der Waals surface area contributed by atoms with Crippen LogP contribution in [0.4, 0.5) is 0 Å². The van der Waals surface area contributed by atoms with Gasteiger partial charge < -0.3 is 10.6 Å². The summed E-state index contributed by atoms with van der Waals surface area (Å²) in [4.78, 5) is 27.9. The van der Waals surface area contributed by atoms with Crippen LogP contribution in [-0.4, -0.2) is 30.7 Å². The smallest absolute Gasteiger partial charge is 0.264 e. The zero-order valence-corrected chi connectivity index (χ0v) is 11.2. The molecular weight excluding hydrogens is 266 g/mol. The van der Waals surface area contributed by atoms with Crippen LogP contribution in [0.5, 0.6) is 0 Å². The van der Waals surface area contributed by atoms with E-state index >= 15 is 0 Å². The SMILES string of the molecule is CCNCC1=NC(=O)C(c2cccc(Cl)c2)C(=O)N1. The van der Waals surface area contributed by atoms with Crippen molar-refractivity contribution in [3.05, 3.63) is 34.9 Å². The number of halogens is 1. The number of carbonyl (C=O) groups excluding carboxylic acids is 2. The van der Waals surface area contributed by atoms with Gasteiger partial charge in [-0.05, 0) is 24.2 Å². The lowest BCUT2D eigenvalue weighted by Crippen LogP contribution is -2.46. The van der Waals surface area contributed by atoms with E-state index in [2.05, 4.69) is 15.6 Å².